The van der Waals surface area contributed by atoms with Gasteiger partial charge in [0.1, 0.15) is 0 Å². The van der Waals surface area contributed by atoms with Crippen molar-refractivity contribution >= 4 is 5.91 Å². The predicted molar refractivity (Wildman–Crippen MR) is 77.8 cm³/mol. The van der Waals surface area contributed by atoms with Gasteiger partial charge in [-0.05, 0) is 45.2 Å². The molecule has 1 aromatic carbocycles. The van der Waals surface area contributed by atoms with Gasteiger partial charge < -0.3 is 10.2 Å². The largest absolute Gasteiger partial charge is 0.337 e. The topological polar surface area (TPSA) is 32.3 Å². The monoisotopic (exact) mass is 260 g/mol. The molecule has 0 aromatic heterocycles. The highest BCUT2D eigenvalue weighted by atomic mass is 16.2. The van der Waals surface area contributed by atoms with E-state index in [2.05, 4.69) is 17.4 Å². The van der Waals surface area contributed by atoms with Gasteiger partial charge in [0.05, 0.1) is 5.54 Å². The van der Waals surface area contributed by atoms with Crippen molar-refractivity contribution in [3.05, 3.63) is 35.9 Å². The summed E-state index contributed by atoms with van der Waals surface area (Å²) in [6.45, 7) is 6.50. The van der Waals surface area contributed by atoms with Crippen LogP contribution in [0.1, 0.15) is 38.7 Å². The van der Waals surface area contributed by atoms with Gasteiger partial charge in [-0.25, -0.2) is 0 Å². The molecule has 2 rings (SSSR count). The molecule has 1 atom stereocenters. The third kappa shape index (κ3) is 3.35. The maximum Gasteiger partial charge on any atom is 0.242 e. The van der Waals surface area contributed by atoms with Crippen molar-refractivity contribution in [3.63, 3.8) is 0 Å². The lowest BCUT2D eigenvalue weighted by molar-refractivity contribution is -0.139. The zero-order valence-corrected chi connectivity index (χ0v) is 12.0. The number of nitrogens with one attached hydrogen (secondary N) is 1. The third-order valence-corrected chi connectivity index (χ3v) is 3.98. The van der Waals surface area contributed by atoms with Gasteiger partial charge in [0, 0.05) is 13.1 Å². The fraction of sp³-hybridized carbons (Fsp3) is 0.562. The second-order valence-electron chi connectivity index (χ2n) is 5.52. The van der Waals surface area contributed by atoms with Crippen molar-refractivity contribution in [1.82, 2.24) is 10.2 Å². The Hall–Kier alpha value is -1.35. The lowest BCUT2D eigenvalue weighted by Crippen LogP contribution is -2.57. The van der Waals surface area contributed by atoms with E-state index in [1.54, 1.807) is 0 Å². The molecule has 19 heavy (non-hydrogen) atoms. The van der Waals surface area contributed by atoms with Crippen molar-refractivity contribution in [2.24, 2.45) is 0 Å². The molecule has 1 aliphatic heterocycles. The summed E-state index contributed by atoms with van der Waals surface area (Å²) in [4.78, 5) is 14.7. The van der Waals surface area contributed by atoms with E-state index >= 15 is 0 Å². The molecular weight excluding hydrogens is 236 g/mol. The zero-order valence-electron chi connectivity index (χ0n) is 12.0. The summed E-state index contributed by atoms with van der Waals surface area (Å²) >= 11 is 0. The minimum atomic E-state index is -0.372. The van der Waals surface area contributed by atoms with Crippen molar-refractivity contribution in [2.45, 2.75) is 45.2 Å². The average molecular weight is 260 g/mol. The number of carbonyl (C=O) groups excluding carboxylic acids is 1. The quantitative estimate of drug-likeness (QED) is 0.902. The molecule has 1 saturated heterocycles. The number of carbonyl (C=O) groups is 1. The van der Waals surface area contributed by atoms with Gasteiger partial charge in [-0.2, -0.15) is 0 Å². The Morgan fingerprint density at radius 1 is 1.32 bits per heavy atom. The van der Waals surface area contributed by atoms with Crippen LogP contribution < -0.4 is 5.32 Å². The van der Waals surface area contributed by atoms with Crippen LogP contribution >= 0.6 is 0 Å². The molecule has 1 unspecified atom stereocenters. The maximum atomic E-state index is 12.7. The molecule has 1 fully saturated rings. The first-order valence-corrected chi connectivity index (χ1v) is 7.24. The van der Waals surface area contributed by atoms with Crippen LogP contribution in [0, 0.1) is 0 Å². The fourth-order valence-corrected chi connectivity index (χ4v) is 2.72. The molecular formula is C16H24N2O. The van der Waals surface area contributed by atoms with Crippen molar-refractivity contribution in [2.75, 3.05) is 13.1 Å². The highest BCUT2D eigenvalue weighted by Crippen LogP contribution is 2.22. The number of rotatable bonds is 4. The van der Waals surface area contributed by atoms with E-state index in [4.69, 9.17) is 0 Å². The van der Waals surface area contributed by atoms with Crippen LogP contribution in [-0.4, -0.2) is 29.4 Å². The molecule has 1 aliphatic rings. The van der Waals surface area contributed by atoms with Gasteiger partial charge in [0.2, 0.25) is 5.91 Å². The Kier molecular flexibility index (Phi) is 4.59. The number of nitrogens with zero attached hydrogens (tertiary/aromatic N) is 1. The Labute approximate surface area is 116 Å². The minimum Gasteiger partial charge on any atom is -0.337 e. The van der Waals surface area contributed by atoms with Crippen LogP contribution in [0.4, 0.5) is 0 Å². The number of amides is 1. The van der Waals surface area contributed by atoms with Crippen LogP contribution in [-0.2, 0) is 11.3 Å². The normalized spacial score (nSPS) is 23.1. The molecule has 104 valence electrons. The first-order valence-electron chi connectivity index (χ1n) is 7.24. The van der Waals surface area contributed by atoms with Crippen LogP contribution in [0.15, 0.2) is 30.3 Å². The summed E-state index contributed by atoms with van der Waals surface area (Å²) in [7, 11) is 0. The standard InChI is InChI=1S/C16H24N2O/c1-3-18(13-14-9-5-4-6-10-14)15(19)16(2)11-7-8-12-17-16/h4-6,9-10,17H,3,7-8,11-13H2,1-2H3. The second-order valence-corrected chi connectivity index (χ2v) is 5.52. The Morgan fingerprint density at radius 3 is 2.63 bits per heavy atom. The summed E-state index contributed by atoms with van der Waals surface area (Å²) in [6, 6.07) is 10.2. The average Bonchev–Trinajstić information content (AvgIpc) is 2.46. The van der Waals surface area contributed by atoms with E-state index in [1.807, 2.05) is 36.9 Å². The fourth-order valence-electron chi connectivity index (χ4n) is 2.72. The number of hydrogen-bond donors (Lipinski definition) is 1. The maximum absolute atomic E-state index is 12.7. The van der Waals surface area contributed by atoms with Gasteiger partial charge >= 0.3 is 0 Å². The number of benzene rings is 1. The Morgan fingerprint density at radius 2 is 2.05 bits per heavy atom. The second kappa shape index (κ2) is 6.20. The van der Waals surface area contributed by atoms with Crippen molar-refractivity contribution in [3.8, 4) is 0 Å². The van der Waals surface area contributed by atoms with E-state index in [0.29, 0.717) is 6.54 Å². The molecule has 3 heteroatoms. The van der Waals surface area contributed by atoms with Crippen LogP contribution in [0.2, 0.25) is 0 Å². The summed E-state index contributed by atoms with van der Waals surface area (Å²) in [5.74, 6) is 0.235. The van der Waals surface area contributed by atoms with Crippen LogP contribution in [0.5, 0.6) is 0 Å². The van der Waals surface area contributed by atoms with E-state index in [-0.39, 0.29) is 11.4 Å². The predicted octanol–water partition coefficient (Wildman–Crippen LogP) is 2.57. The molecule has 1 aromatic rings. The molecule has 1 amide bonds. The van der Waals surface area contributed by atoms with E-state index < -0.39 is 0 Å². The molecule has 3 nitrogen and oxygen atoms in total. The molecule has 0 radical (unpaired) electrons. The first-order chi connectivity index (χ1) is 9.15. The zero-order chi connectivity index (χ0) is 13.7. The van der Waals surface area contributed by atoms with Gasteiger partial charge in [-0.15, -0.1) is 0 Å². The highest BCUT2D eigenvalue weighted by Gasteiger charge is 2.36. The SMILES string of the molecule is CCN(Cc1ccccc1)C(=O)C1(C)CCCCN1. The number of piperidine rings is 1. The molecule has 0 spiro atoms. The van der Waals surface area contributed by atoms with E-state index in [1.165, 1.54) is 12.0 Å². The highest BCUT2D eigenvalue weighted by molar-refractivity contribution is 5.86. The van der Waals surface area contributed by atoms with Gasteiger partial charge in [0.25, 0.3) is 0 Å². The molecule has 0 bridgehead atoms. The number of hydrogen-bond acceptors (Lipinski definition) is 2. The third-order valence-electron chi connectivity index (χ3n) is 3.98. The van der Waals surface area contributed by atoms with Crippen molar-refractivity contribution in [1.29, 1.82) is 0 Å². The van der Waals surface area contributed by atoms with Crippen molar-refractivity contribution < 1.29 is 4.79 Å². The summed E-state index contributed by atoms with van der Waals surface area (Å²) in [5.41, 5.74) is 0.820. The first kappa shape index (κ1) is 14.1. The Bertz CT molecular complexity index is 410. The molecule has 1 heterocycles. The molecule has 1 N–H and O–H groups in total. The van der Waals surface area contributed by atoms with Crippen LogP contribution in [0.3, 0.4) is 0 Å². The van der Waals surface area contributed by atoms with Gasteiger partial charge in [-0.3, -0.25) is 4.79 Å². The van der Waals surface area contributed by atoms with Gasteiger partial charge in [0.15, 0.2) is 0 Å². The summed E-state index contributed by atoms with van der Waals surface area (Å²) in [5, 5.41) is 3.40. The lowest BCUT2D eigenvalue weighted by Gasteiger charge is -2.37. The van der Waals surface area contributed by atoms with E-state index in [0.717, 1.165) is 25.9 Å². The van der Waals surface area contributed by atoms with E-state index in [9.17, 15) is 4.79 Å². The van der Waals surface area contributed by atoms with Crippen LogP contribution in [0.25, 0.3) is 0 Å². The Balaban J connectivity index is 2.06. The summed E-state index contributed by atoms with van der Waals surface area (Å²) in [6.07, 6.45) is 3.25. The molecule has 0 aliphatic carbocycles. The van der Waals surface area contributed by atoms with Gasteiger partial charge in [-0.1, -0.05) is 30.3 Å². The lowest BCUT2D eigenvalue weighted by atomic mass is 9.89. The molecule has 0 saturated carbocycles. The number of likely N-dealkylation sites (N-methyl/N-ethyl adjacent to an activating group) is 1. The minimum absolute atomic E-state index is 0.235. The smallest absolute Gasteiger partial charge is 0.242 e. The summed E-state index contributed by atoms with van der Waals surface area (Å²) < 4.78 is 0.